The molecule has 0 N–H and O–H groups in total. The molecule has 0 spiro atoms. The van der Waals surface area contributed by atoms with Gasteiger partial charge < -0.3 is 9.64 Å². The summed E-state index contributed by atoms with van der Waals surface area (Å²) in [5.74, 6) is 0.686. The number of likely N-dealkylation sites (N-methyl/N-ethyl adjacent to an activating group) is 1. The number of nitrogens with zero attached hydrogens (tertiary/aromatic N) is 4. The van der Waals surface area contributed by atoms with E-state index >= 15 is 0 Å². The van der Waals surface area contributed by atoms with Gasteiger partial charge in [0.1, 0.15) is 5.75 Å². The molecule has 0 saturated heterocycles. The van der Waals surface area contributed by atoms with Crippen LogP contribution in [-0.4, -0.2) is 54.1 Å². The molecule has 0 aliphatic carbocycles. The van der Waals surface area contributed by atoms with Crippen LogP contribution in [0.5, 0.6) is 5.75 Å². The van der Waals surface area contributed by atoms with Crippen LogP contribution in [0.2, 0.25) is 0 Å². The molecule has 36 heavy (non-hydrogen) atoms. The van der Waals surface area contributed by atoms with Crippen LogP contribution in [0.1, 0.15) is 24.2 Å². The number of thiazole rings is 1. The summed E-state index contributed by atoms with van der Waals surface area (Å²) in [6.45, 7) is 7.44. The fourth-order valence-corrected chi connectivity index (χ4v) is 5.91. The largest absolute Gasteiger partial charge is 0.497 e. The van der Waals surface area contributed by atoms with E-state index in [4.69, 9.17) is 14.7 Å². The molecule has 0 bridgehead atoms. The fraction of sp³-hybridized carbons (Fsp3) is 0.250. The Bertz CT molecular complexity index is 1490. The summed E-state index contributed by atoms with van der Waals surface area (Å²) in [5.41, 5.74) is 3.09. The molecule has 0 fully saturated rings. The van der Waals surface area contributed by atoms with Gasteiger partial charge in [0.15, 0.2) is 5.13 Å². The molecule has 8 heteroatoms. The summed E-state index contributed by atoms with van der Waals surface area (Å²) >= 11 is 3.15. The number of fused-ring (bicyclic) bond motifs is 2. The average molecular weight is 517 g/mol. The Balaban J connectivity index is 1.61. The Morgan fingerprint density at radius 3 is 2.53 bits per heavy atom. The van der Waals surface area contributed by atoms with Crippen LogP contribution in [0.4, 0.5) is 5.13 Å². The number of thiophene rings is 1. The molecule has 5 rings (SSSR count). The molecule has 6 nitrogen and oxygen atoms in total. The van der Waals surface area contributed by atoms with E-state index in [1.54, 1.807) is 18.4 Å². The average Bonchev–Trinajstić information content (AvgIpc) is 3.60. The number of anilines is 1. The third-order valence-corrected chi connectivity index (χ3v) is 8.27. The molecule has 0 radical (unpaired) electrons. The molecule has 3 heterocycles. The van der Waals surface area contributed by atoms with E-state index in [0.717, 1.165) is 57.1 Å². The molecule has 0 aliphatic heterocycles. The van der Waals surface area contributed by atoms with Crippen molar-refractivity contribution in [2.75, 3.05) is 38.2 Å². The van der Waals surface area contributed by atoms with Crippen molar-refractivity contribution in [2.24, 2.45) is 0 Å². The van der Waals surface area contributed by atoms with E-state index in [0.29, 0.717) is 17.2 Å². The van der Waals surface area contributed by atoms with Crippen molar-refractivity contribution in [3.05, 3.63) is 71.6 Å². The van der Waals surface area contributed by atoms with Gasteiger partial charge in [0.25, 0.3) is 5.91 Å². The first-order valence-corrected chi connectivity index (χ1v) is 13.7. The number of pyridine rings is 1. The van der Waals surface area contributed by atoms with Crippen molar-refractivity contribution < 1.29 is 9.53 Å². The predicted molar refractivity (Wildman–Crippen MR) is 151 cm³/mol. The maximum atomic E-state index is 14.3. The van der Waals surface area contributed by atoms with Crippen molar-refractivity contribution in [2.45, 2.75) is 13.8 Å². The number of hydrogen-bond donors (Lipinski definition) is 0. The normalized spacial score (nSPS) is 11.4. The summed E-state index contributed by atoms with van der Waals surface area (Å²) in [7, 11) is 1.65. The van der Waals surface area contributed by atoms with Crippen LogP contribution in [0, 0.1) is 0 Å². The quantitative estimate of drug-likeness (QED) is 0.222. The Hall–Kier alpha value is -3.33. The minimum Gasteiger partial charge on any atom is -0.497 e. The summed E-state index contributed by atoms with van der Waals surface area (Å²) in [4.78, 5) is 29.2. The van der Waals surface area contributed by atoms with E-state index < -0.39 is 0 Å². The highest BCUT2D eigenvalue weighted by molar-refractivity contribution is 7.22. The first-order valence-electron chi connectivity index (χ1n) is 12.0. The van der Waals surface area contributed by atoms with Gasteiger partial charge in [-0.1, -0.05) is 49.4 Å². The van der Waals surface area contributed by atoms with E-state index in [-0.39, 0.29) is 5.91 Å². The van der Waals surface area contributed by atoms with Gasteiger partial charge in [0.2, 0.25) is 0 Å². The molecule has 184 valence electrons. The lowest BCUT2D eigenvalue weighted by molar-refractivity contribution is 0.0985. The molecule has 0 unspecified atom stereocenters. The van der Waals surface area contributed by atoms with E-state index in [9.17, 15) is 4.79 Å². The number of para-hydroxylation sites is 1. The van der Waals surface area contributed by atoms with Crippen LogP contribution < -0.4 is 9.64 Å². The highest BCUT2D eigenvalue weighted by atomic mass is 32.1. The van der Waals surface area contributed by atoms with Gasteiger partial charge in [0.05, 0.1) is 39.0 Å². The van der Waals surface area contributed by atoms with Crippen LogP contribution >= 0.6 is 22.7 Å². The third-order valence-electron chi connectivity index (χ3n) is 6.31. The molecule has 3 aromatic heterocycles. The second-order valence-corrected chi connectivity index (χ2v) is 10.3. The zero-order valence-electron chi connectivity index (χ0n) is 20.6. The molecular weight excluding hydrogens is 488 g/mol. The maximum absolute atomic E-state index is 14.3. The molecule has 2 aromatic carbocycles. The molecule has 1 amide bonds. The van der Waals surface area contributed by atoms with Crippen molar-refractivity contribution >= 4 is 54.8 Å². The fourth-order valence-electron chi connectivity index (χ4n) is 4.25. The lowest BCUT2D eigenvalue weighted by atomic mass is 10.1. The summed E-state index contributed by atoms with van der Waals surface area (Å²) in [6.07, 6.45) is 0. The lowest BCUT2D eigenvalue weighted by Gasteiger charge is -2.25. The van der Waals surface area contributed by atoms with Gasteiger partial charge in [-0.25, -0.2) is 9.97 Å². The van der Waals surface area contributed by atoms with Gasteiger partial charge in [-0.15, -0.1) is 11.3 Å². The van der Waals surface area contributed by atoms with Crippen LogP contribution in [-0.2, 0) is 0 Å². The number of amides is 1. The number of rotatable bonds is 9. The molecule has 0 saturated carbocycles. The number of aromatic nitrogens is 2. The topological polar surface area (TPSA) is 58.6 Å². The second-order valence-electron chi connectivity index (χ2n) is 8.36. The van der Waals surface area contributed by atoms with Crippen molar-refractivity contribution in [3.63, 3.8) is 0 Å². The zero-order chi connectivity index (χ0) is 25.1. The van der Waals surface area contributed by atoms with Crippen LogP contribution in [0.15, 0.2) is 66.0 Å². The van der Waals surface area contributed by atoms with Gasteiger partial charge in [-0.2, -0.15) is 0 Å². The standard InChI is InChI=1S/C28H28N4O2S2/c1-4-31(5-2)14-15-32(28-30-23-17-19(34-3)12-13-26(23)36-28)27(33)21-18-24(25-11-8-16-35-25)29-22-10-7-6-9-20(21)22/h6-13,16-18H,4-5,14-15H2,1-3H3. The highest BCUT2D eigenvalue weighted by Gasteiger charge is 2.25. The molecular formula is C28H28N4O2S2. The Labute approximate surface area is 218 Å². The summed E-state index contributed by atoms with van der Waals surface area (Å²) < 4.78 is 6.40. The van der Waals surface area contributed by atoms with Gasteiger partial charge in [0, 0.05) is 24.5 Å². The van der Waals surface area contributed by atoms with Crippen molar-refractivity contribution in [3.8, 4) is 16.3 Å². The number of methoxy groups -OCH3 is 1. The molecule has 5 aromatic rings. The van der Waals surface area contributed by atoms with E-state index in [1.165, 1.54) is 11.3 Å². The zero-order valence-corrected chi connectivity index (χ0v) is 22.2. The van der Waals surface area contributed by atoms with Crippen LogP contribution in [0.3, 0.4) is 0 Å². The van der Waals surface area contributed by atoms with Gasteiger partial charge >= 0.3 is 0 Å². The van der Waals surface area contributed by atoms with E-state index in [1.807, 2.05) is 70.9 Å². The monoisotopic (exact) mass is 516 g/mol. The first-order chi connectivity index (χ1) is 17.6. The summed E-state index contributed by atoms with van der Waals surface area (Å²) in [6, 6.07) is 19.7. The van der Waals surface area contributed by atoms with Gasteiger partial charge in [-0.05, 0) is 48.8 Å². The third kappa shape index (κ3) is 4.84. The number of benzene rings is 2. The SMILES string of the molecule is CCN(CC)CCN(C(=O)c1cc(-c2cccs2)nc2ccccc12)c1nc2cc(OC)ccc2s1. The maximum Gasteiger partial charge on any atom is 0.260 e. The van der Waals surface area contributed by atoms with E-state index in [2.05, 4.69) is 18.7 Å². The van der Waals surface area contributed by atoms with Crippen LogP contribution in [0.25, 0.3) is 31.7 Å². The Morgan fingerprint density at radius 1 is 0.944 bits per heavy atom. The lowest BCUT2D eigenvalue weighted by Crippen LogP contribution is -2.39. The number of carbonyl (C=O) groups is 1. The second kappa shape index (κ2) is 10.7. The van der Waals surface area contributed by atoms with Crippen molar-refractivity contribution in [1.29, 1.82) is 0 Å². The minimum absolute atomic E-state index is 0.0652. The predicted octanol–water partition coefficient (Wildman–Crippen LogP) is 6.57. The number of ether oxygens (including phenoxy) is 1. The summed E-state index contributed by atoms with van der Waals surface area (Å²) in [5, 5.41) is 3.56. The Kier molecular flexibility index (Phi) is 7.27. The van der Waals surface area contributed by atoms with Gasteiger partial charge in [-0.3, -0.25) is 9.69 Å². The molecule has 0 aliphatic rings. The minimum atomic E-state index is -0.0652. The molecule has 0 atom stereocenters. The smallest absolute Gasteiger partial charge is 0.260 e. The highest BCUT2D eigenvalue weighted by Crippen LogP contribution is 2.34. The Morgan fingerprint density at radius 2 is 1.78 bits per heavy atom. The van der Waals surface area contributed by atoms with Crippen molar-refractivity contribution in [1.82, 2.24) is 14.9 Å². The number of hydrogen-bond acceptors (Lipinski definition) is 7. The first kappa shape index (κ1) is 24.4. The number of carbonyl (C=O) groups excluding carboxylic acids is 1.